The zero-order chi connectivity index (χ0) is 11.3. The summed E-state index contributed by atoms with van der Waals surface area (Å²) in [6.45, 7) is 2.67. The maximum atomic E-state index is 13.7. The molecule has 1 atom stereocenters. The van der Waals surface area contributed by atoms with Crippen LogP contribution in [0.25, 0.3) is 11.0 Å². The highest BCUT2D eigenvalue weighted by atomic mass is 19.1. The monoisotopic (exact) mass is 218 g/mol. The van der Waals surface area contributed by atoms with Crippen LogP contribution in [0.3, 0.4) is 0 Å². The molecule has 0 N–H and O–H groups in total. The highest BCUT2D eigenvalue weighted by Gasteiger charge is 2.21. The Labute approximate surface area is 91.5 Å². The molecular formula is C12H11FN2O. The van der Waals surface area contributed by atoms with E-state index in [0.717, 1.165) is 0 Å². The summed E-state index contributed by atoms with van der Waals surface area (Å²) in [4.78, 5) is 15.7. The van der Waals surface area contributed by atoms with E-state index in [-0.39, 0.29) is 17.3 Å². The van der Waals surface area contributed by atoms with E-state index < -0.39 is 0 Å². The maximum Gasteiger partial charge on any atom is 0.269 e. The van der Waals surface area contributed by atoms with Gasteiger partial charge in [-0.2, -0.15) is 0 Å². The van der Waals surface area contributed by atoms with Crippen LogP contribution in [0.5, 0.6) is 0 Å². The molecule has 4 heteroatoms. The van der Waals surface area contributed by atoms with Crippen LogP contribution in [0.2, 0.25) is 0 Å². The summed E-state index contributed by atoms with van der Waals surface area (Å²) in [5.41, 5.74) is 1.85. The summed E-state index contributed by atoms with van der Waals surface area (Å²) in [7, 11) is 0. The molecule has 2 heterocycles. The fraction of sp³-hybridized carbons (Fsp3) is 0.333. The van der Waals surface area contributed by atoms with E-state index in [1.54, 1.807) is 10.6 Å². The normalized spacial score (nSPS) is 19.0. The molecule has 1 aromatic heterocycles. The first-order valence-electron chi connectivity index (χ1n) is 5.34. The van der Waals surface area contributed by atoms with Crippen molar-refractivity contribution >= 4 is 11.0 Å². The van der Waals surface area contributed by atoms with Gasteiger partial charge < -0.3 is 4.57 Å². The van der Waals surface area contributed by atoms with E-state index in [2.05, 4.69) is 4.98 Å². The molecule has 0 fully saturated rings. The van der Waals surface area contributed by atoms with Crippen molar-refractivity contribution < 1.29 is 4.39 Å². The van der Waals surface area contributed by atoms with E-state index in [1.165, 1.54) is 12.3 Å². The minimum atomic E-state index is -0.236. The predicted molar refractivity (Wildman–Crippen MR) is 58.8 cm³/mol. The average molecular weight is 218 g/mol. The zero-order valence-corrected chi connectivity index (χ0v) is 8.90. The Hall–Kier alpha value is -1.71. The highest BCUT2D eigenvalue weighted by Crippen LogP contribution is 2.26. The fourth-order valence-corrected chi connectivity index (χ4v) is 2.41. The standard InChI is InChI=1S/C12H11FN2O/c1-7-4-8-9(13)2-3-10-12(8)15(6-7)11(16)5-14-10/h2-3,5,7H,4,6H2,1H3. The summed E-state index contributed by atoms with van der Waals surface area (Å²) >= 11 is 0. The summed E-state index contributed by atoms with van der Waals surface area (Å²) in [6.07, 6.45) is 1.98. The molecule has 0 spiro atoms. The lowest BCUT2D eigenvalue weighted by molar-refractivity contribution is 0.447. The van der Waals surface area contributed by atoms with Gasteiger partial charge in [0.2, 0.25) is 0 Å². The summed E-state index contributed by atoms with van der Waals surface area (Å²) < 4.78 is 15.3. The first kappa shape index (κ1) is 9.51. The van der Waals surface area contributed by atoms with E-state index in [9.17, 15) is 9.18 Å². The van der Waals surface area contributed by atoms with Crippen molar-refractivity contribution in [2.75, 3.05) is 0 Å². The number of nitrogens with zero attached hydrogens (tertiary/aromatic N) is 2. The van der Waals surface area contributed by atoms with E-state index in [0.29, 0.717) is 29.6 Å². The molecule has 0 saturated heterocycles. The van der Waals surface area contributed by atoms with Gasteiger partial charge in [0, 0.05) is 12.1 Å². The van der Waals surface area contributed by atoms with Gasteiger partial charge in [-0.05, 0) is 24.5 Å². The topological polar surface area (TPSA) is 34.9 Å². The van der Waals surface area contributed by atoms with Crippen molar-refractivity contribution in [2.45, 2.75) is 19.9 Å². The molecule has 1 aromatic carbocycles. The number of hydrogen-bond acceptors (Lipinski definition) is 2. The van der Waals surface area contributed by atoms with Crippen molar-refractivity contribution in [3.63, 3.8) is 0 Å². The third kappa shape index (κ3) is 1.19. The molecule has 1 aliphatic rings. The van der Waals surface area contributed by atoms with Crippen LogP contribution in [0.1, 0.15) is 12.5 Å². The number of benzene rings is 1. The second kappa shape index (κ2) is 3.14. The molecule has 0 amide bonds. The lowest BCUT2D eigenvalue weighted by Gasteiger charge is -2.23. The predicted octanol–water partition coefficient (Wildman–Crippen LogP) is 1.73. The van der Waals surface area contributed by atoms with Gasteiger partial charge in [0.1, 0.15) is 5.82 Å². The zero-order valence-electron chi connectivity index (χ0n) is 8.90. The minimum absolute atomic E-state index is 0.147. The Morgan fingerprint density at radius 3 is 3.12 bits per heavy atom. The van der Waals surface area contributed by atoms with Crippen LogP contribution in [-0.2, 0) is 13.0 Å². The fourth-order valence-electron chi connectivity index (χ4n) is 2.41. The molecule has 3 nitrogen and oxygen atoms in total. The summed E-state index contributed by atoms with van der Waals surface area (Å²) in [5, 5.41) is 0. The third-order valence-corrected chi connectivity index (χ3v) is 3.10. The van der Waals surface area contributed by atoms with Crippen LogP contribution >= 0.6 is 0 Å². The molecule has 0 bridgehead atoms. The molecule has 1 unspecified atom stereocenters. The molecule has 2 aromatic rings. The second-order valence-electron chi connectivity index (χ2n) is 4.41. The first-order chi connectivity index (χ1) is 7.66. The maximum absolute atomic E-state index is 13.7. The Bertz CT molecular complexity index is 633. The summed E-state index contributed by atoms with van der Waals surface area (Å²) in [6, 6.07) is 3.05. The molecule has 1 aliphatic heterocycles. The molecule has 3 rings (SSSR count). The van der Waals surface area contributed by atoms with Gasteiger partial charge in [-0.1, -0.05) is 6.92 Å². The number of aromatic nitrogens is 2. The van der Waals surface area contributed by atoms with E-state index >= 15 is 0 Å². The van der Waals surface area contributed by atoms with E-state index in [1.807, 2.05) is 6.92 Å². The quantitative estimate of drug-likeness (QED) is 0.675. The van der Waals surface area contributed by atoms with E-state index in [4.69, 9.17) is 0 Å². The Morgan fingerprint density at radius 1 is 1.50 bits per heavy atom. The third-order valence-electron chi connectivity index (χ3n) is 3.10. The molecule has 0 saturated carbocycles. The molecule has 0 radical (unpaired) electrons. The van der Waals surface area contributed by atoms with Gasteiger partial charge in [-0.15, -0.1) is 0 Å². The van der Waals surface area contributed by atoms with Crippen molar-refractivity contribution in [3.8, 4) is 0 Å². The van der Waals surface area contributed by atoms with Crippen molar-refractivity contribution in [1.82, 2.24) is 9.55 Å². The van der Waals surface area contributed by atoms with Gasteiger partial charge in [-0.3, -0.25) is 4.79 Å². The second-order valence-corrected chi connectivity index (χ2v) is 4.41. The lowest BCUT2D eigenvalue weighted by Crippen LogP contribution is -2.29. The van der Waals surface area contributed by atoms with Gasteiger partial charge in [0.05, 0.1) is 17.2 Å². The van der Waals surface area contributed by atoms with Crippen LogP contribution in [0.15, 0.2) is 23.1 Å². The van der Waals surface area contributed by atoms with Crippen LogP contribution in [0, 0.1) is 11.7 Å². The van der Waals surface area contributed by atoms with Gasteiger partial charge in [0.15, 0.2) is 0 Å². The minimum Gasteiger partial charge on any atom is -0.305 e. The van der Waals surface area contributed by atoms with Crippen LogP contribution in [0.4, 0.5) is 4.39 Å². The molecule has 82 valence electrons. The van der Waals surface area contributed by atoms with Crippen molar-refractivity contribution in [3.05, 3.63) is 40.1 Å². The number of halogens is 1. The first-order valence-corrected chi connectivity index (χ1v) is 5.34. The SMILES string of the molecule is CC1Cc2c(F)ccc3ncc(=O)n(c23)C1. The Balaban J connectivity index is 2.51. The lowest BCUT2D eigenvalue weighted by atomic mass is 9.95. The highest BCUT2D eigenvalue weighted by molar-refractivity contribution is 5.79. The Kier molecular flexibility index (Phi) is 1.87. The molecule has 16 heavy (non-hydrogen) atoms. The van der Waals surface area contributed by atoms with Crippen LogP contribution < -0.4 is 5.56 Å². The smallest absolute Gasteiger partial charge is 0.269 e. The number of hydrogen-bond donors (Lipinski definition) is 0. The van der Waals surface area contributed by atoms with Crippen molar-refractivity contribution in [2.24, 2.45) is 5.92 Å². The summed E-state index contributed by atoms with van der Waals surface area (Å²) in [5.74, 6) is 0.0490. The van der Waals surface area contributed by atoms with Crippen molar-refractivity contribution in [1.29, 1.82) is 0 Å². The Morgan fingerprint density at radius 2 is 2.31 bits per heavy atom. The largest absolute Gasteiger partial charge is 0.305 e. The van der Waals surface area contributed by atoms with Gasteiger partial charge >= 0.3 is 0 Å². The molecule has 0 aliphatic carbocycles. The van der Waals surface area contributed by atoms with Gasteiger partial charge in [-0.25, -0.2) is 9.37 Å². The number of rotatable bonds is 0. The van der Waals surface area contributed by atoms with Crippen LogP contribution in [-0.4, -0.2) is 9.55 Å². The van der Waals surface area contributed by atoms with Gasteiger partial charge in [0.25, 0.3) is 5.56 Å². The molecular weight excluding hydrogens is 207 g/mol. The average Bonchev–Trinajstić information content (AvgIpc) is 2.27.